The second-order valence-corrected chi connectivity index (χ2v) is 11.0. The summed E-state index contributed by atoms with van der Waals surface area (Å²) in [5, 5.41) is 8.83. The Bertz CT molecular complexity index is 694. The van der Waals surface area contributed by atoms with Crippen LogP contribution < -0.4 is 0 Å². The first-order valence-corrected chi connectivity index (χ1v) is 13.9. The fourth-order valence-electron chi connectivity index (χ4n) is 4.02. The van der Waals surface area contributed by atoms with E-state index in [1.54, 1.807) is 0 Å². The van der Waals surface area contributed by atoms with Crippen molar-refractivity contribution in [3.8, 4) is 6.07 Å². The molecule has 0 spiro atoms. The summed E-state index contributed by atoms with van der Waals surface area (Å²) in [5.41, 5.74) is 0. The molecule has 36 heavy (non-hydrogen) atoms. The van der Waals surface area contributed by atoms with E-state index in [1.807, 2.05) is 13.8 Å². The first-order chi connectivity index (χ1) is 17.0. The van der Waals surface area contributed by atoms with Crippen molar-refractivity contribution in [2.75, 3.05) is 26.4 Å². The highest BCUT2D eigenvalue weighted by atomic mass is 31.2. The fraction of sp³-hybridized carbons (Fsp3) is 0.880. The van der Waals surface area contributed by atoms with E-state index in [-0.39, 0.29) is 30.5 Å². The minimum atomic E-state index is -1.26. The smallest absolute Gasteiger partial charge is 0.303 e. The van der Waals surface area contributed by atoms with Crippen LogP contribution in [0.2, 0.25) is 0 Å². The number of hydrogen-bond donors (Lipinski definition) is 0. The third kappa shape index (κ3) is 11.4. The van der Waals surface area contributed by atoms with Crippen molar-refractivity contribution in [3.05, 3.63) is 0 Å². The van der Waals surface area contributed by atoms with E-state index in [1.165, 1.54) is 13.8 Å². The maximum Gasteiger partial charge on any atom is 0.303 e. The minimum absolute atomic E-state index is 0.00437. The third-order valence-corrected chi connectivity index (χ3v) is 8.00. The second kappa shape index (κ2) is 17.2. The molecule has 6 atom stereocenters. The highest BCUT2D eigenvalue weighted by Gasteiger charge is 2.44. The molecule has 1 heterocycles. The van der Waals surface area contributed by atoms with Gasteiger partial charge in [-0.25, -0.2) is 4.67 Å². The van der Waals surface area contributed by atoms with Gasteiger partial charge in [-0.2, -0.15) is 5.26 Å². The lowest BCUT2D eigenvalue weighted by Gasteiger charge is -2.43. The SMILES string of the molecule is CC(=O)OCC1OC(OCCCCOP(OCCC#N)N(C(C)C)C(C)C)C(C)C(C)C1OC(C)=O. The molecule has 6 unspecified atom stereocenters. The molecule has 1 aliphatic heterocycles. The Hall–Kier alpha value is -1.34. The predicted octanol–water partition coefficient (Wildman–Crippen LogP) is 4.57. The van der Waals surface area contributed by atoms with Gasteiger partial charge < -0.3 is 28.0 Å². The second-order valence-electron chi connectivity index (χ2n) is 9.60. The van der Waals surface area contributed by atoms with Crippen molar-refractivity contribution < 1.29 is 37.6 Å². The molecule has 10 nitrogen and oxygen atoms in total. The minimum Gasteiger partial charge on any atom is -0.463 e. The first kappa shape index (κ1) is 32.7. The maximum atomic E-state index is 11.6. The van der Waals surface area contributed by atoms with Crippen molar-refractivity contribution >= 4 is 20.5 Å². The lowest BCUT2D eigenvalue weighted by Crippen LogP contribution is -2.53. The Labute approximate surface area is 217 Å². The lowest BCUT2D eigenvalue weighted by molar-refractivity contribution is -0.273. The molecule has 0 amide bonds. The average molecular weight is 533 g/mol. The van der Waals surface area contributed by atoms with E-state index in [4.69, 9.17) is 33.3 Å². The zero-order chi connectivity index (χ0) is 27.3. The molecule has 1 saturated heterocycles. The number of unbranched alkanes of at least 4 members (excludes halogenated alkanes) is 1. The Balaban J connectivity index is 2.58. The van der Waals surface area contributed by atoms with Crippen molar-refractivity contribution in [2.45, 2.75) is 105 Å². The van der Waals surface area contributed by atoms with Gasteiger partial charge in [0.1, 0.15) is 18.8 Å². The summed E-state index contributed by atoms with van der Waals surface area (Å²) in [5.74, 6) is -0.885. The number of ether oxygens (including phenoxy) is 4. The van der Waals surface area contributed by atoms with E-state index >= 15 is 0 Å². The van der Waals surface area contributed by atoms with Crippen LogP contribution in [0.5, 0.6) is 0 Å². The molecule has 208 valence electrons. The van der Waals surface area contributed by atoms with Gasteiger partial charge in [0.2, 0.25) is 0 Å². The summed E-state index contributed by atoms with van der Waals surface area (Å²) in [7, 11) is -1.26. The molecule has 0 N–H and O–H groups in total. The van der Waals surface area contributed by atoms with Crippen LogP contribution in [0.15, 0.2) is 0 Å². The van der Waals surface area contributed by atoms with Gasteiger partial charge in [0.25, 0.3) is 8.53 Å². The van der Waals surface area contributed by atoms with Gasteiger partial charge in [0.05, 0.1) is 25.7 Å². The highest BCUT2D eigenvalue weighted by Crippen LogP contribution is 2.46. The summed E-state index contributed by atoms with van der Waals surface area (Å²) < 4.78 is 36.9. The van der Waals surface area contributed by atoms with Gasteiger partial charge in [-0.1, -0.05) is 13.8 Å². The van der Waals surface area contributed by atoms with E-state index in [2.05, 4.69) is 38.4 Å². The molecule has 0 saturated carbocycles. The number of nitriles is 1. The molecule has 1 aliphatic rings. The lowest BCUT2D eigenvalue weighted by atomic mass is 9.84. The summed E-state index contributed by atoms with van der Waals surface area (Å²) in [6.07, 6.45) is 0.244. The van der Waals surface area contributed by atoms with Gasteiger partial charge in [0.15, 0.2) is 6.29 Å². The normalized spacial score (nSPS) is 25.1. The molecule has 0 radical (unpaired) electrons. The average Bonchev–Trinajstić information content (AvgIpc) is 2.78. The Morgan fingerprint density at radius 3 is 2.14 bits per heavy atom. The van der Waals surface area contributed by atoms with Gasteiger partial charge in [-0.3, -0.25) is 9.59 Å². The van der Waals surface area contributed by atoms with Crippen LogP contribution in [0.4, 0.5) is 0 Å². The van der Waals surface area contributed by atoms with Crippen LogP contribution in [-0.2, 0) is 37.6 Å². The van der Waals surface area contributed by atoms with Crippen LogP contribution in [0, 0.1) is 23.2 Å². The molecule has 0 bridgehead atoms. The quantitative estimate of drug-likeness (QED) is 0.159. The zero-order valence-corrected chi connectivity index (χ0v) is 24.0. The summed E-state index contributed by atoms with van der Waals surface area (Å²) >= 11 is 0. The molecule has 0 aromatic rings. The van der Waals surface area contributed by atoms with Crippen LogP contribution in [-0.4, -0.2) is 73.6 Å². The van der Waals surface area contributed by atoms with Gasteiger partial charge >= 0.3 is 11.9 Å². The van der Waals surface area contributed by atoms with Crippen LogP contribution in [0.1, 0.15) is 74.7 Å². The zero-order valence-electron chi connectivity index (χ0n) is 23.1. The molecule has 0 aromatic heterocycles. The van der Waals surface area contributed by atoms with Crippen molar-refractivity contribution in [2.24, 2.45) is 11.8 Å². The monoisotopic (exact) mass is 532 g/mol. The van der Waals surface area contributed by atoms with Crippen LogP contribution >= 0.6 is 8.53 Å². The predicted molar refractivity (Wildman–Crippen MR) is 136 cm³/mol. The maximum absolute atomic E-state index is 11.6. The fourth-order valence-corrected chi connectivity index (χ4v) is 5.65. The van der Waals surface area contributed by atoms with E-state index < -0.39 is 39.0 Å². The third-order valence-electron chi connectivity index (χ3n) is 5.89. The Morgan fingerprint density at radius 1 is 0.972 bits per heavy atom. The Morgan fingerprint density at radius 2 is 1.58 bits per heavy atom. The largest absolute Gasteiger partial charge is 0.463 e. The van der Waals surface area contributed by atoms with E-state index in [0.29, 0.717) is 26.2 Å². The number of rotatable bonds is 16. The number of hydrogen-bond acceptors (Lipinski definition) is 10. The number of carbonyl (C=O) groups is 2. The first-order valence-electron chi connectivity index (χ1n) is 12.8. The topological polar surface area (TPSA) is 117 Å². The molecule has 0 aliphatic carbocycles. The molecular formula is C25H45N2O8P. The summed E-state index contributed by atoms with van der Waals surface area (Å²) in [6.45, 7) is 16.4. The molecule has 0 aromatic carbocycles. The Kier molecular flexibility index (Phi) is 15.6. The molecular weight excluding hydrogens is 487 g/mol. The van der Waals surface area contributed by atoms with Gasteiger partial charge in [-0.15, -0.1) is 0 Å². The van der Waals surface area contributed by atoms with E-state index in [0.717, 1.165) is 12.8 Å². The molecule has 11 heteroatoms. The van der Waals surface area contributed by atoms with Gasteiger partial charge in [0, 0.05) is 44.4 Å². The highest BCUT2D eigenvalue weighted by molar-refractivity contribution is 7.44. The van der Waals surface area contributed by atoms with Crippen molar-refractivity contribution in [1.82, 2.24) is 4.67 Å². The summed E-state index contributed by atoms with van der Waals surface area (Å²) in [4.78, 5) is 22.9. The van der Waals surface area contributed by atoms with Crippen LogP contribution in [0.3, 0.4) is 0 Å². The molecule has 1 fully saturated rings. The number of carbonyl (C=O) groups excluding carboxylic acids is 2. The van der Waals surface area contributed by atoms with Crippen LogP contribution in [0.25, 0.3) is 0 Å². The van der Waals surface area contributed by atoms with Crippen molar-refractivity contribution in [1.29, 1.82) is 5.26 Å². The van der Waals surface area contributed by atoms with Crippen molar-refractivity contribution in [3.63, 3.8) is 0 Å². The number of nitrogens with zero attached hydrogens (tertiary/aromatic N) is 2. The summed E-state index contributed by atoms with van der Waals surface area (Å²) in [6, 6.07) is 2.61. The molecule has 1 rings (SSSR count). The van der Waals surface area contributed by atoms with E-state index in [9.17, 15) is 9.59 Å². The standard InChI is InChI=1S/C25H45N2O8P/c1-17(2)27(18(3)4)36(33-15-11-12-26)32-14-10-9-13-30-25-20(6)19(5)24(34-22(8)29)23(35-25)16-31-21(7)28/h17-20,23-25H,9-11,13-16H2,1-8H3. The van der Waals surface area contributed by atoms with Gasteiger partial charge in [-0.05, 0) is 40.5 Å². The number of esters is 2.